The third kappa shape index (κ3) is 4.26. The van der Waals surface area contributed by atoms with E-state index in [1.807, 2.05) is 42.9 Å². The fourth-order valence-electron chi connectivity index (χ4n) is 4.85. The van der Waals surface area contributed by atoms with E-state index in [0.29, 0.717) is 19.0 Å². The Hall–Kier alpha value is -4.40. The lowest BCUT2D eigenvalue weighted by Crippen LogP contribution is -2.28. The highest BCUT2D eigenvalue weighted by Gasteiger charge is 2.25. The molecule has 2 N–H and O–H groups in total. The largest absolute Gasteiger partial charge is 0.456 e. The van der Waals surface area contributed by atoms with Crippen LogP contribution in [0.3, 0.4) is 0 Å². The van der Waals surface area contributed by atoms with Gasteiger partial charge < -0.3 is 24.1 Å². The van der Waals surface area contributed by atoms with Crippen LogP contribution >= 0.6 is 0 Å². The number of ether oxygens (including phenoxy) is 2. The minimum absolute atomic E-state index is 0.262. The smallest absolute Gasteiger partial charge is 0.217 e. The molecule has 2 aliphatic heterocycles. The van der Waals surface area contributed by atoms with Gasteiger partial charge >= 0.3 is 0 Å². The number of furan rings is 1. The van der Waals surface area contributed by atoms with Crippen molar-refractivity contribution in [1.29, 1.82) is 0 Å². The number of nitrogens with zero attached hydrogens (tertiary/aromatic N) is 3. The lowest BCUT2D eigenvalue weighted by Gasteiger charge is -2.31. The molecule has 0 spiro atoms. The van der Waals surface area contributed by atoms with Crippen molar-refractivity contribution in [2.45, 2.75) is 19.0 Å². The molecule has 2 aliphatic rings. The van der Waals surface area contributed by atoms with Gasteiger partial charge in [-0.1, -0.05) is 30.3 Å². The maximum atomic E-state index is 6.13. The number of benzene rings is 3. The summed E-state index contributed by atoms with van der Waals surface area (Å²) in [6.07, 6.45) is 3.04. The Balaban J connectivity index is 1.24. The fourth-order valence-corrected chi connectivity index (χ4v) is 4.85. The molecule has 1 saturated heterocycles. The van der Waals surface area contributed by atoms with Crippen LogP contribution in [0.4, 0.5) is 11.4 Å². The Morgan fingerprint density at radius 1 is 0.946 bits per heavy atom. The number of aliphatic imine (C=N–C) groups is 1. The molecule has 8 heteroatoms. The second-order valence-corrected chi connectivity index (χ2v) is 9.15. The zero-order chi connectivity index (χ0) is 24.6. The third-order valence-corrected chi connectivity index (χ3v) is 6.69. The molecule has 8 nitrogen and oxygen atoms in total. The van der Waals surface area contributed by atoms with Crippen molar-refractivity contribution in [3.8, 4) is 11.3 Å². The normalized spacial score (nSPS) is 17.4. The van der Waals surface area contributed by atoms with Crippen LogP contribution in [-0.4, -0.2) is 29.7 Å². The van der Waals surface area contributed by atoms with Gasteiger partial charge in [-0.3, -0.25) is 5.10 Å². The molecule has 4 heterocycles. The minimum Gasteiger partial charge on any atom is -0.456 e. The average molecular weight is 492 g/mol. The van der Waals surface area contributed by atoms with Gasteiger partial charge in [-0.15, -0.1) is 0 Å². The Morgan fingerprint density at radius 2 is 1.84 bits per heavy atom. The predicted molar refractivity (Wildman–Crippen MR) is 142 cm³/mol. The van der Waals surface area contributed by atoms with Gasteiger partial charge in [0.2, 0.25) is 6.29 Å². The zero-order valence-corrected chi connectivity index (χ0v) is 20.0. The van der Waals surface area contributed by atoms with Crippen molar-refractivity contribution in [3.63, 3.8) is 0 Å². The second-order valence-electron chi connectivity index (χ2n) is 9.15. The Bertz CT molecular complexity index is 1570. The van der Waals surface area contributed by atoms with E-state index in [1.54, 1.807) is 0 Å². The number of hydrogen-bond acceptors (Lipinski definition) is 7. The van der Waals surface area contributed by atoms with Crippen molar-refractivity contribution >= 4 is 28.6 Å². The molecule has 2 aromatic heterocycles. The minimum atomic E-state index is -0.440. The highest BCUT2D eigenvalue weighted by atomic mass is 16.7. The summed E-state index contributed by atoms with van der Waals surface area (Å²) in [6.45, 7) is 1.88. The quantitative estimate of drug-likeness (QED) is 0.302. The van der Waals surface area contributed by atoms with Crippen LogP contribution in [0.25, 0.3) is 22.2 Å². The molecule has 184 valence electrons. The lowest BCUT2D eigenvalue weighted by molar-refractivity contribution is -0.0585. The molecule has 0 radical (unpaired) electrons. The zero-order valence-electron chi connectivity index (χ0n) is 20.0. The van der Waals surface area contributed by atoms with Crippen molar-refractivity contribution in [1.82, 2.24) is 10.2 Å². The second kappa shape index (κ2) is 9.24. The first-order chi connectivity index (χ1) is 18.3. The summed E-state index contributed by atoms with van der Waals surface area (Å²) >= 11 is 0. The van der Waals surface area contributed by atoms with Gasteiger partial charge in [0.25, 0.3) is 0 Å². The Morgan fingerprint density at radius 3 is 2.73 bits per heavy atom. The summed E-state index contributed by atoms with van der Waals surface area (Å²) in [6, 6.07) is 26.8. The van der Waals surface area contributed by atoms with E-state index >= 15 is 0 Å². The van der Waals surface area contributed by atoms with Crippen LogP contribution in [0.5, 0.6) is 0 Å². The molecule has 1 fully saturated rings. The first kappa shape index (κ1) is 21.8. The number of nitrogens with one attached hydrogen (secondary N) is 2. The van der Waals surface area contributed by atoms with Crippen LogP contribution in [-0.2, 0) is 16.0 Å². The molecule has 5 aromatic rings. The Kier molecular flexibility index (Phi) is 5.45. The maximum Gasteiger partial charge on any atom is 0.217 e. The van der Waals surface area contributed by atoms with E-state index in [4.69, 9.17) is 18.9 Å². The number of aromatic amines is 1. The van der Waals surface area contributed by atoms with Crippen molar-refractivity contribution < 1.29 is 13.9 Å². The summed E-state index contributed by atoms with van der Waals surface area (Å²) in [7, 11) is 0. The number of hydrogen-bond donors (Lipinski definition) is 2. The van der Waals surface area contributed by atoms with Crippen molar-refractivity contribution in [3.05, 3.63) is 102 Å². The van der Waals surface area contributed by atoms with Gasteiger partial charge in [0.15, 0.2) is 5.76 Å². The molecule has 0 saturated carbocycles. The number of H-pyrrole nitrogens is 1. The number of fused-ring (bicyclic) bond motifs is 2. The highest BCUT2D eigenvalue weighted by Crippen LogP contribution is 2.38. The maximum absolute atomic E-state index is 6.13. The summed E-state index contributed by atoms with van der Waals surface area (Å²) in [4.78, 5) is 7.09. The number of anilines is 2. The summed E-state index contributed by atoms with van der Waals surface area (Å²) < 4.78 is 17.3. The SMILES string of the molecule is C1=NC(Nc2ccc3[nH]ncc3c2)c2cc(-c3ccc(C4OCCO4)o3)ccc2N1Cc1ccccc1. The molecule has 1 unspecified atom stereocenters. The van der Waals surface area contributed by atoms with E-state index in [-0.39, 0.29) is 6.17 Å². The molecular formula is C29H25N5O3. The van der Waals surface area contributed by atoms with E-state index in [2.05, 4.69) is 68.9 Å². The van der Waals surface area contributed by atoms with Crippen LogP contribution in [0.15, 0.2) is 94.5 Å². The molecule has 0 bridgehead atoms. The monoisotopic (exact) mass is 491 g/mol. The first-order valence-corrected chi connectivity index (χ1v) is 12.3. The average Bonchev–Trinajstić information content (AvgIpc) is 3.72. The van der Waals surface area contributed by atoms with Crippen molar-refractivity contribution in [2.75, 3.05) is 23.4 Å². The molecule has 1 atom stereocenters. The standard InChI is InChI=1S/C29H25N5O3/c1-2-4-19(5-3-1)17-34-18-30-28(32-22-7-8-24-21(14-22)16-31-33-24)23-15-20(6-9-25(23)34)26-10-11-27(37-26)29-35-12-13-36-29/h1-11,14-16,18,28-29,32H,12-13,17H2,(H,31,33). The molecule has 0 aliphatic carbocycles. The number of aromatic nitrogens is 2. The van der Waals surface area contributed by atoms with Gasteiger partial charge in [-0.25, -0.2) is 4.99 Å². The van der Waals surface area contributed by atoms with Crippen LogP contribution < -0.4 is 10.2 Å². The molecular weight excluding hydrogens is 466 g/mol. The first-order valence-electron chi connectivity index (χ1n) is 12.3. The molecule has 7 rings (SSSR count). The third-order valence-electron chi connectivity index (χ3n) is 6.69. The summed E-state index contributed by atoms with van der Waals surface area (Å²) in [5.74, 6) is 1.44. The topological polar surface area (TPSA) is 87.9 Å². The van der Waals surface area contributed by atoms with Gasteiger partial charge in [-0.05, 0) is 54.1 Å². The van der Waals surface area contributed by atoms with E-state index in [1.165, 1.54) is 5.56 Å². The molecule has 37 heavy (non-hydrogen) atoms. The van der Waals surface area contributed by atoms with Crippen LogP contribution in [0.1, 0.15) is 29.3 Å². The lowest BCUT2D eigenvalue weighted by atomic mass is 10.0. The van der Waals surface area contributed by atoms with E-state index in [0.717, 1.165) is 45.7 Å². The van der Waals surface area contributed by atoms with Gasteiger partial charge in [-0.2, -0.15) is 5.10 Å². The fraction of sp³-hybridized carbons (Fsp3) is 0.172. The Labute approximate surface area is 213 Å². The number of rotatable bonds is 6. The van der Waals surface area contributed by atoms with Crippen LogP contribution in [0.2, 0.25) is 0 Å². The van der Waals surface area contributed by atoms with E-state index < -0.39 is 6.29 Å². The van der Waals surface area contributed by atoms with Gasteiger partial charge in [0.05, 0.1) is 31.3 Å². The summed E-state index contributed by atoms with van der Waals surface area (Å²) in [5, 5.41) is 11.8. The van der Waals surface area contributed by atoms with Gasteiger partial charge in [0.1, 0.15) is 11.9 Å². The summed E-state index contributed by atoms with van der Waals surface area (Å²) in [5.41, 5.74) is 6.32. The van der Waals surface area contributed by atoms with E-state index in [9.17, 15) is 0 Å². The molecule has 0 amide bonds. The predicted octanol–water partition coefficient (Wildman–Crippen LogP) is 6.03. The van der Waals surface area contributed by atoms with Crippen molar-refractivity contribution in [2.24, 2.45) is 4.99 Å². The van der Waals surface area contributed by atoms with Crippen LogP contribution in [0, 0.1) is 0 Å². The molecule has 3 aromatic carbocycles. The van der Waals surface area contributed by atoms with Gasteiger partial charge in [0, 0.05) is 34.4 Å². The highest BCUT2D eigenvalue weighted by molar-refractivity contribution is 5.86.